The molecule has 0 aromatic heterocycles. The number of nitrogens with one attached hydrogen (secondary N) is 2. The molecule has 9 nitrogen and oxygen atoms in total. The highest BCUT2D eigenvalue weighted by molar-refractivity contribution is 6.31. The molecule has 268 valence electrons. The van der Waals surface area contributed by atoms with E-state index in [0.717, 1.165) is 16.7 Å². The van der Waals surface area contributed by atoms with Crippen LogP contribution in [0.1, 0.15) is 34.6 Å². The zero-order valence-corrected chi connectivity index (χ0v) is 30.7. The van der Waals surface area contributed by atoms with Gasteiger partial charge in [-0.15, -0.1) is 0 Å². The van der Waals surface area contributed by atoms with Crippen LogP contribution in [0, 0.1) is 11.3 Å². The fraction of sp³-hybridized carbons (Fsp3) is 0.286. The number of fused-ring (bicyclic) bond motifs is 5. The van der Waals surface area contributed by atoms with E-state index in [4.69, 9.17) is 23.2 Å². The number of benzene rings is 4. The largest absolute Gasteiger partial charge is 0.337 e. The summed E-state index contributed by atoms with van der Waals surface area (Å²) in [6.45, 7) is 0.857. The summed E-state index contributed by atoms with van der Waals surface area (Å²) in [5.41, 5.74) is 0.589. The molecule has 9 rings (SSSR count). The predicted octanol–water partition coefficient (Wildman–Crippen LogP) is 6.15. The number of piperidine rings is 1. The Balaban J connectivity index is 1.27. The number of halogens is 2. The summed E-state index contributed by atoms with van der Waals surface area (Å²) in [6.07, 6.45) is 2.26. The minimum atomic E-state index is -1.48. The second-order valence-electron chi connectivity index (χ2n) is 14.9. The number of hydrogen-bond donors (Lipinski definition) is 2. The number of likely N-dealkylation sites (tertiary alicyclic amines) is 3. The lowest BCUT2D eigenvalue weighted by Gasteiger charge is -2.52. The highest BCUT2D eigenvalue weighted by atomic mass is 35.5. The summed E-state index contributed by atoms with van der Waals surface area (Å²) >= 11 is 12.7. The number of para-hydroxylation sites is 2. The first kappa shape index (κ1) is 34.0. The van der Waals surface area contributed by atoms with Crippen molar-refractivity contribution < 1.29 is 19.2 Å². The molecule has 0 aliphatic carbocycles. The minimum absolute atomic E-state index is 0.0119. The molecule has 2 N–H and O–H groups in total. The monoisotopic (exact) mass is 745 g/mol. The van der Waals surface area contributed by atoms with Gasteiger partial charge in [-0.2, -0.15) is 0 Å². The van der Waals surface area contributed by atoms with Gasteiger partial charge in [0.25, 0.3) is 5.91 Å². The van der Waals surface area contributed by atoms with Crippen molar-refractivity contribution in [2.24, 2.45) is 11.3 Å². The maximum atomic E-state index is 15.8. The lowest BCUT2D eigenvalue weighted by atomic mass is 9.56. The second kappa shape index (κ2) is 12.1. The molecule has 4 aromatic carbocycles. The molecule has 0 saturated carbocycles. The SMILES string of the molecule is CN1CC[C@@H](C(=O)N2C/C(=C\c3ccc(Cl)cc3)C(=O)[C@@]3(C2)[C@H](c2ccc(Cl)cc2)CN(C)[C@]32C(=O)Nc3ccccc32)[C@@]12C(=O)Nc1ccccc12. The summed E-state index contributed by atoms with van der Waals surface area (Å²) in [6, 6.07) is 29.7. The molecule has 53 heavy (non-hydrogen) atoms. The van der Waals surface area contributed by atoms with Gasteiger partial charge in [0, 0.05) is 70.2 Å². The summed E-state index contributed by atoms with van der Waals surface area (Å²) in [7, 11) is 3.77. The van der Waals surface area contributed by atoms with Gasteiger partial charge in [-0.05, 0) is 74.1 Å². The van der Waals surface area contributed by atoms with Crippen molar-refractivity contribution in [2.75, 3.05) is 50.9 Å². The zero-order valence-electron chi connectivity index (χ0n) is 29.2. The smallest absolute Gasteiger partial charge is 0.250 e. The van der Waals surface area contributed by atoms with Gasteiger partial charge in [0.1, 0.15) is 11.1 Å². The van der Waals surface area contributed by atoms with Crippen LogP contribution < -0.4 is 10.6 Å². The number of rotatable bonds is 3. The van der Waals surface area contributed by atoms with Crippen molar-refractivity contribution in [2.45, 2.75) is 23.4 Å². The summed E-state index contributed by atoms with van der Waals surface area (Å²) in [5, 5.41) is 7.27. The van der Waals surface area contributed by atoms with E-state index in [2.05, 4.69) is 10.6 Å². The predicted molar refractivity (Wildman–Crippen MR) is 205 cm³/mol. The van der Waals surface area contributed by atoms with Crippen LogP contribution in [0.5, 0.6) is 0 Å². The van der Waals surface area contributed by atoms with Crippen molar-refractivity contribution >= 4 is 64.2 Å². The van der Waals surface area contributed by atoms with E-state index in [1.165, 1.54) is 0 Å². The number of carbonyl (C=O) groups excluding carboxylic acids is 4. The Morgan fingerprint density at radius 1 is 0.774 bits per heavy atom. The maximum Gasteiger partial charge on any atom is 0.250 e. The van der Waals surface area contributed by atoms with Gasteiger partial charge < -0.3 is 15.5 Å². The average molecular weight is 747 g/mol. The number of anilines is 2. The molecular formula is C42H37Cl2N5O4. The van der Waals surface area contributed by atoms with Gasteiger partial charge in [-0.1, -0.05) is 83.9 Å². The molecule has 0 unspecified atom stereocenters. The number of nitrogens with zero attached hydrogens (tertiary/aromatic N) is 3. The first-order valence-corrected chi connectivity index (χ1v) is 18.6. The molecule has 3 saturated heterocycles. The van der Waals surface area contributed by atoms with Crippen molar-refractivity contribution in [1.29, 1.82) is 0 Å². The molecule has 5 aliphatic rings. The van der Waals surface area contributed by atoms with E-state index in [0.29, 0.717) is 52.1 Å². The molecule has 11 heteroatoms. The van der Waals surface area contributed by atoms with Crippen LogP contribution in [0.25, 0.3) is 6.08 Å². The number of amides is 3. The third kappa shape index (κ3) is 4.51. The molecule has 0 radical (unpaired) electrons. The Labute approximate surface area is 317 Å². The van der Waals surface area contributed by atoms with E-state index in [1.54, 1.807) is 29.2 Å². The summed E-state index contributed by atoms with van der Waals surface area (Å²) in [4.78, 5) is 66.0. The third-order valence-electron chi connectivity index (χ3n) is 12.5. The molecule has 5 atom stereocenters. The van der Waals surface area contributed by atoms with Gasteiger partial charge >= 0.3 is 0 Å². The van der Waals surface area contributed by atoms with E-state index >= 15 is 9.59 Å². The highest BCUT2D eigenvalue weighted by Gasteiger charge is 2.75. The van der Waals surface area contributed by atoms with E-state index in [9.17, 15) is 9.59 Å². The van der Waals surface area contributed by atoms with Gasteiger partial charge in [0.2, 0.25) is 11.8 Å². The summed E-state index contributed by atoms with van der Waals surface area (Å²) in [5.74, 6) is -2.25. The van der Waals surface area contributed by atoms with E-state index in [-0.39, 0.29) is 36.6 Å². The first-order chi connectivity index (χ1) is 25.5. The normalized spacial score (nSPS) is 30.1. The van der Waals surface area contributed by atoms with Gasteiger partial charge in [0.05, 0.1) is 11.3 Å². The lowest BCUT2D eigenvalue weighted by molar-refractivity contribution is -0.155. The van der Waals surface area contributed by atoms with Crippen LogP contribution in [-0.2, 0) is 30.3 Å². The van der Waals surface area contributed by atoms with Crippen molar-refractivity contribution in [3.63, 3.8) is 0 Å². The van der Waals surface area contributed by atoms with Crippen molar-refractivity contribution in [1.82, 2.24) is 14.7 Å². The molecule has 0 bridgehead atoms. The quantitative estimate of drug-likeness (QED) is 0.244. The van der Waals surface area contributed by atoms with Crippen LogP contribution >= 0.6 is 23.2 Å². The Morgan fingerprint density at radius 3 is 2.08 bits per heavy atom. The Hall–Kier alpha value is -4.80. The lowest BCUT2D eigenvalue weighted by Crippen LogP contribution is -2.67. The molecule has 4 aromatic rings. The van der Waals surface area contributed by atoms with Crippen LogP contribution in [-0.4, -0.2) is 78.5 Å². The number of carbonyl (C=O) groups is 4. The molecule has 3 spiro atoms. The maximum absolute atomic E-state index is 15.8. The van der Waals surface area contributed by atoms with Crippen LogP contribution in [0.3, 0.4) is 0 Å². The highest BCUT2D eigenvalue weighted by Crippen LogP contribution is 2.64. The number of Topliss-reactive ketones (excluding diaryl/α,β-unsaturated/α-hetero) is 1. The van der Waals surface area contributed by atoms with Gasteiger partial charge in [0.15, 0.2) is 5.78 Å². The zero-order chi connectivity index (χ0) is 36.9. The molecule has 3 amide bonds. The molecular weight excluding hydrogens is 709 g/mol. The van der Waals surface area contributed by atoms with Gasteiger partial charge in [-0.3, -0.25) is 29.0 Å². The van der Waals surface area contributed by atoms with Crippen LogP contribution in [0.2, 0.25) is 10.0 Å². The topological polar surface area (TPSA) is 102 Å². The van der Waals surface area contributed by atoms with Crippen molar-refractivity contribution in [3.8, 4) is 0 Å². The molecule has 3 fully saturated rings. The van der Waals surface area contributed by atoms with E-state index < -0.39 is 28.3 Å². The van der Waals surface area contributed by atoms with Crippen molar-refractivity contribution in [3.05, 3.63) is 135 Å². The Kier molecular flexibility index (Phi) is 7.77. The first-order valence-electron chi connectivity index (χ1n) is 17.8. The summed E-state index contributed by atoms with van der Waals surface area (Å²) < 4.78 is 0. The number of hydrogen-bond acceptors (Lipinski definition) is 6. The van der Waals surface area contributed by atoms with Crippen LogP contribution in [0.4, 0.5) is 11.4 Å². The van der Waals surface area contributed by atoms with E-state index in [1.807, 2.05) is 103 Å². The molecule has 5 aliphatic heterocycles. The Morgan fingerprint density at radius 2 is 1.38 bits per heavy atom. The Bertz CT molecular complexity index is 2260. The third-order valence-corrected chi connectivity index (χ3v) is 13.1. The van der Waals surface area contributed by atoms with Gasteiger partial charge in [-0.25, -0.2) is 0 Å². The minimum Gasteiger partial charge on any atom is -0.337 e. The average Bonchev–Trinajstić information content (AvgIpc) is 3.84. The molecule has 5 heterocycles. The van der Waals surface area contributed by atoms with Crippen LogP contribution in [0.15, 0.2) is 103 Å². The standard InChI is InChI=1S/C42H37Cl2N5O4/c1-47-20-19-32(41(47)30-7-3-5-9-34(30)45-38(41)52)37(51)49-22-27(21-25-11-15-28(43)16-12-25)36(50)40(24-49)33(26-13-17-29(44)18-14-26)23-48(2)42(40)31-8-4-6-10-35(31)46-39(42)53/h3-18,21,32-33H,19-20,22-24H2,1-2H3,(H,45,52)(H,46,53)/b27-21+/t32-,33-,40+,41-,42+/m0/s1. The second-order valence-corrected chi connectivity index (χ2v) is 15.8. The fourth-order valence-corrected chi connectivity index (χ4v) is 10.6. The number of ketones is 1. The fourth-order valence-electron chi connectivity index (χ4n) is 10.4. The number of likely N-dealkylation sites (N-methyl/N-ethyl adjacent to an activating group) is 2.